The lowest BCUT2D eigenvalue weighted by atomic mass is 9.84. The molecule has 114 valence electrons. The first-order valence-electron chi connectivity index (χ1n) is 7.70. The molecule has 2 aromatic heterocycles. The minimum atomic E-state index is -0.235. The molecule has 1 N–H and O–H groups in total. The Balaban J connectivity index is 1.46. The van der Waals surface area contributed by atoms with Gasteiger partial charge < -0.3 is 14.6 Å². The van der Waals surface area contributed by atoms with Crippen LogP contribution in [-0.4, -0.2) is 46.5 Å². The van der Waals surface area contributed by atoms with Crippen molar-refractivity contribution >= 4 is 5.91 Å². The zero-order valence-electron chi connectivity index (χ0n) is 12.2. The number of hydrogen-bond acceptors (Lipinski definition) is 5. The number of aromatic nitrogens is 2. The van der Waals surface area contributed by atoms with Crippen LogP contribution in [0, 0.1) is 5.92 Å². The molecule has 0 aliphatic carbocycles. The maximum Gasteiger partial charge on any atom is 0.307 e. The van der Waals surface area contributed by atoms with Gasteiger partial charge in [-0.3, -0.25) is 9.78 Å². The lowest BCUT2D eigenvalue weighted by Crippen LogP contribution is -2.57. The van der Waals surface area contributed by atoms with Crippen LogP contribution in [-0.2, 0) is 0 Å². The molecule has 6 nitrogen and oxygen atoms in total. The Morgan fingerprint density at radius 1 is 1.27 bits per heavy atom. The number of fused-ring (bicyclic) bond motifs is 3. The van der Waals surface area contributed by atoms with Gasteiger partial charge in [-0.15, -0.1) is 0 Å². The van der Waals surface area contributed by atoms with Gasteiger partial charge in [0.2, 0.25) is 0 Å². The van der Waals surface area contributed by atoms with E-state index in [1.165, 1.54) is 0 Å². The van der Waals surface area contributed by atoms with Crippen LogP contribution in [0.25, 0.3) is 11.5 Å². The number of hydrogen-bond donors (Lipinski definition) is 1. The summed E-state index contributed by atoms with van der Waals surface area (Å²) < 4.78 is 5.55. The molecule has 0 radical (unpaired) electrons. The second kappa shape index (κ2) is 5.53. The first kappa shape index (κ1) is 13.5. The van der Waals surface area contributed by atoms with E-state index in [0.29, 0.717) is 17.4 Å². The van der Waals surface area contributed by atoms with Gasteiger partial charge in [-0.25, -0.2) is 4.98 Å². The van der Waals surface area contributed by atoms with Crippen molar-refractivity contribution in [3.63, 3.8) is 0 Å². The highest BCUT2D eigenvalue weighted by Crippen LogP contribution is 2.27. The van der Waals surface area contributed by atoms with Gasteiger partial charge in [-0.05, 0) is 44.0 Å². The van der Waals surface area contributed by atoms with Crippen molar-refractivity contribution in [3.8, 4) is 11.5 Å². The smallest absolute Gasteiger partial charge is 0.307 e. The van der Waals surface area contributed by atoms with Crippen molar-refractivity contribution < 1.29 is 9.21 Å². The molecule has 1 amide bonds. The molecule has 3 fully saturated rings. The van der Waals surface area contributed by atoms with E-state index in [0.717, 1.165) is 32.5 Å². The predicted octanol–water partition coefficient (Wildman–Crippen LogP) is 1.56. The summed E-state index contributed by atoms with van der Waals surface area (Å²) in [5.41, 5.74) is 0.678. The zero-order valence-corrected chi connectivity index (χ0v) is 12.2. The second-order valence-electron chi connectivity index (χ2n) is 5.96. The molecule has 0 saturated carbocycles. The fraction of sp³-hybridized carbons (Fsp3) is 0.438. The molecular formula is C16H18N4O2. The Labute approximate surface area is 128 Å². The second-order valence-corrected chi connectivity index (χ2v) is 5.96. The number of oxazole rings is 1. The Hall–Kier alpha value is -2.21. The summed E-state index contributed by atoms with van der Waals surface area (Å²) in [6, 6.07) is 5.74. The minimum Gasteiger partial charge on any atom is -0.431 e. The van der Waals surface area contributed by atoms with Crippen molar-refractivity contribution in [1.29, 1.82) is 0 Å². The number of pyridine rings is 1. The highest BCUT2D eigenvalue weighted by Gasteiger charge is 2.35. The molecule has 5 heterocycles. The van der Waals surface area contributed by atoms with Crippen LogP contribution >= 0.6 is 0 Å². The molecule has 3 aliphatic heterocycles. The summed E-state index contributed by atoms with van der Waals surface area (Å²) in [5.74, 6) is 0.969. The molecule has 22 heavy (non-hydrogen) atoms. The van der Waals surface area contributed by atoms with Gasteiger partial charge in [0.05, 0.1) is 6.20 Å². The van der Waals surface area contributed by atoms with Crippen LogP contribution < -0.4 is 5.32 Å². The van der Waals surface area contributed by atoms with E-state index in [2.05, 4.69) is 20.2 Å². The first-order valence-corrected chi connectivity index (χ1v) is 7.70. The molecule has 3 saturated heterocycles. The van der Waals surface area contributed by atoms with E-state index in [1.54, 1.807) is 12.4 Å². The van der Waals surface area contributed by atoms with Gasteiger partial charge >= 0.3 is 5.91 Å². The molecule has 1 unspecified atom stereocenters. The molecule has 0 spiro atoms. The average Bonchev–Trinajstić information content (AvgIpc) is 3.07. The van der Waals surface area contributed by atoms with Crippen LogP contribution in [0.2, 0.25) is 0 Å². The Morgan fingerprint density at radius 2 is 2.14 bits per heavy atom. The van der Waals surface area contributed by atoms with E-state index < -0.39 is 0 Å². The van der Waals surface area contributed by atoms with E-state index in [-0.39, 0.29) is 17.8 Å². The van der Waals surface area contributed by atoms with Gasteiger partial charge in [-0.1, -0.05) is 6.07 Å². The Kier molecular flexibility index (Phi) is 3.38. The topological polar surface area (TPSA) is 71.3 Å². The molecule has 0 aromatic carbocycles. The number of piperidine rings is 3. The fourth-order valence-corrected chi connectivity index (χ4v) is 3.36. The van der Waals surface area contributed by atoms with Crippen LogP contribution in [0.15, 0.2) is 35.0 Å². The number of amides is 1. The van der Waals surface area contributed by atoms with Crippen molar-refractivity contribution in [2.75, 3.05) is 19.6 Å². The van der Waals surface area contributed by atoms with Gasteiger partial charge in [0.1, 0.15) is 5.69 Å². The van der Waals surface area contributed by atoms with Gasteiger partial charge in [0.25, 0.3) is 5.89 Å². The quantitative estimate of drug-likeness (QED) is 0.931. The number of nitrogens with one attached hydrogen (secondary N) is 1. The van der Waals surface area contributed by atoms with E-state index in [1.807, 2.05) is 18.2 Å². The predicted molar refractivity (Wildman–Crippen MR) is 80.2 cm³/mol. The molecule has 3 aliphatic rings. The third kappa shape index (κ3) is 2.50. The Morgan fingerprint density at radius 3 is 2.82 bits per heavy atom. The van der Waals surface area contributed by atoms with Gasteiger partial charge in [0.15, 0.2) is 5.76 Å². The van der Waals surface area contributed by atoms with E-state index >= 15 is 0 Å². The van der Waals surface area contributed by atoms with Gasteiger partial charge in [-0.2, -0.15) is 0 Å². The van der Waals surface area contributed by atoms with Gasteiger partial charge in [0, 0.05) is 18.8 Å². The van der Waals surface area contributed by atoms with Crippen molar-refractivity contribution in [1.82, 2.24) is 20.2 Å². The number of nitrogens with zero attached hydrogens (tertiary/aromatic N) is 3. The van der Waals surface area contributed by atoms with E-state index in [9.17, 15) is 4.79 Å². The third-order valence-electron chi connectivity index (χ3n) is 4.59. The number of carbonyl (C=O) groups is 1. The zero-order chi connectivity index (χ0) is 14.9. The SMILES string of the molecule is O=C(NC1CN2CCC1CC2)c1ncc(-c2ccccn2)o1. The molecule has 5 rings (SSSR count). The molecule has 2 bridgehead atoms. The largest absolute Gasteiger partial charge is 0.431 e. The lowest BCUT2D eigenvalue weighted by Gasteiger charge is -2.44. The number of rotatable bonds is 3. The summed E-state index contributed by atoms with van der Waals surface area (Å²) in [6.45, 7) is 3.24. The molecule has 1 atom stereocenters. The van der Waals surface area contributed by atoms with Crippen LogP contribution in [0.1, 0.15) is 23.5 Å². The van der Waals surface area contributed by atoms with Crippen molar-refractivity contribution in [2.45, 2.75) is 18.9 Å². The molecule has 2 aromatic rings. The lowest BCUT2D eigenvalue weighted by molar-refractivity contribution is 0.0602. The summed E-state index contributed by atoms with van der Waals surface area (Å²) >= 11 is 0. The maximum absolute atomic E-state index is 12.3. The summed E-state index contributed by atoms with van der Waals surface area (Å²) in [7, 11) is 0. The van der Waals surface area contributed by atoms with Crippen LogP contribution in [0.4, 0.5) is 0 Å². The first-order chi connectivity index (χ1) is 10.8. The van der Waals surface area contributed by atoms with Crippen molar-refractivity contribution in [2.24, 2.45) is 5.92 Å². The number of carbonyl (C=O) groups excluding carboxylic acids is 1. The summed E-state index contributed by atoms with van der Waals surface area (Å²) in [6.07, 6.45) is 5.56. The monoisotopic (exact) mass is 298 g/mol. The highest BCUT2D eigenvalue weighted by atomic mass is 16.4. The Bertz CT molecular complexity index is 662. The van der Waals surface area contributed by atoms with Crippen LogP contribution in [0.3, 0.4) is 0 Å². The van der Waals surface area contributed by atoms with Crippen LogP contribution in [0.5, 0.6) is 0 Å². The van der Waals surface area contributed by atoms with E-state index in [4.69, 9.17) is 4.42 Å². The minimum absolute atomic E-state index is 0.108. The fourth-order valence-electron chi connectivity index (χ4n) is 3.36. The summed E-state index contributed by atoms with van der Waals surface area (Å²) in [4.78, 5) is 23.0. The standard InChI is InChI=1S/C16H18N4O2/c21-15(19-13-10-20-7-4-11(13)5-8-20)16-18-9-14(22-16)12-3-1-2-6-17-12/h1-3,6,9,11,13H,4-5,7-8,10H2,(H,19,21). The maximum atomic E-state index is 12.3. The molecule has 6 heteroatoms. The highest BCUT2D eigenvalue weighted by molar-refractivity contribution is 5.90. The summed E-state index contributed by atoms with van der Waals surface area (Å²) in [5, 5.41) is 3.07. The van der Waals surface area contributed by atoms with Crippen molar-refractivity contribution in [3.05, 3.63) is 36.5 Å². The molecular weight excluding hydrogens is 280 g/mol. The average molecular weight is 298 g/mol. The normalized spacial score (nSPS) is 26.8. The third-order valence-corrected chi connectivity index (χ3v) is 4.59.